The molecule has 1 aliphatic rings. The summed E-state index contributed by atoms with van der Waals surface area (Å²) in [6.07, 6.45) is 2.18. The zero-order valence-corrected chi connectivity index (χ0v) is 16.9. The van der Waals surface area contributed by atoms with Gasteiger partial charge >= 0.3 is 6.01 Å². The molecular weight excluding hydrogens is 372 g/mol. The number of anilines is 1. The van der Waals surface area contributed by atoms with Crippen LogP contribution in [0.3, 0.4) is 0 Å². The van der Waals surface area contributed by atoms with E-state index in [4.69, 9.17) is 16.1 Å². The summed E-state index contributed by atoms with van der Waals surface area (Å²) in [5.41, 5.74) is 3.71. The van der Waals surface area contributed by atoms with Crippen LogP contribution in [-0.2, 0) is 12.8 Å². The van der Waals surface area contributed by atoms with Crippen LogP contribution in [0.2, 0.25) is 5.02 Å². The van der Waals surface area contributed by atoms with Crippen molar-refractivity contribution in [1.29, 1.82) is 0 Å². The van der Waals surface area contributed by atoms with Gasteiger partial charge in [0.25, 0.3) is 0 Å². The van der Waals surface area contributed by atoms with E-state index >= 15 is 0 Å². The van der Waals surface area contributed by atoms with Crippen molar-refractivity contribution >= 4 is 17.6 Å². The second-order valence-corrected chi connectivity index (χ2v) is 7.59. The molecule has 0 N–H and O–H groups in total. The first kappa shape index (κ1) is 19.0. The lowest BCUT2D eigenvalue weighted by atomic mass is 10.1. The van der Waals surface area contributed by atoms with E-state index in [9.17, 15) is 0 Å². The lowest BCUT2D eigenvalue weighted by molar-refractivity contribution is 0.253. The SMILES string of the molecule is CCc1ccc(CCN2CCN(c3nc(-c4ccc(Cl)cc4)no3)CC2)cc1. The number of hydrogen-bond donors (Lipinski definition) is 0. The molecule has 2 heterocycles. The molecule has 5 nitrogen and oxygen atoms in total. The van der Waals surface area contributed by atoms with Gasteiger partial charge in [0.15, 0.2) is 0 Å². The Bertz CT molecular complexity index is 884. The van der Waals surface area contributed by atoms with Crippen LogP contribution in [0.15, 0.2) is 53.1 Å². The Morgan fingerprint density at radius 3 is 2.29 bits per heavy atom. The fourth-order valence-corrected chi connectivity index (χ4v) is 3.58. The average molecular weight is 397 g/mol. The van der Waals surface area contributed by atoms with Crippen LogP contribution in [0.5, 0.6) is 0 Å². The predicted octanol–water partition coefficient (Wildman–Crippen LogP) is 4.32. The second-order valence-electron chi connectivity index (χ2n) is 7.16. The van der Waals surface area contributed by atoms with E-state index in [1.54, 1.807) is 0 Å². The fraction of sp³-hybridized carbons (Fsp3) is 0.364. The summed E-state index contributed by atoms with van der Waals surface area (Å²) < 4.78 is 5.49. The first-order chi connectivity index (χ1) is 13.7. The van der Waals surface area contributed by atoms with Gasteiger partial charge in [0.05, 0.1) is 0 Å². The molecule has 1 aromatic heterocycles. The standard InChI is InChI=1S/C22H25ClN4O/c1-2-17-3-5-18(6-4-17)11-12-26-13-15-27(16-14-26)22-24-21(25-28-22)19-7-9-20(23)10-8-19/h3-10H,2,11-16H2,1H3. The summed E-state index contributed by atoms with van der Waals surface area (Å²) in [7, 11) is 0. The third-order valence-corrected chi connectivity index (χ3v) is 5.56. The van der Waals surface area contributed by atoms with Gasteiger partial charge in [-0.15, -0.1) is 0 Å². The minimum absolute atomic E-state index is 0.597. The van der Waals surface area contributed by atoms with Gasteiger partial charge in [-0.3, -0.25) is 4.90 Å². The molecule has 1 fully saturated rings. The number of rotatable bonds is 6. The van der Waals surface area contributed by atoms with E-state index in [0.29, 0.717) is 16.9 Å². The van der Waals surface area contributed by atoms with E-state index in [0.717, 1.165) is 51.1 Å². The highest BCUT2D eigenvalue weighted by molar-refractivity contribution is 6.30. The van der Waals surface area contributed by atoms with Gasteiger partial charge in [-0.1, -0.05) is 47.9 Å². The molecule has 2 aromatic carbocycles. The largest absolute Gasteiger partial charge is 0.324 e. The Morgan fingerprint density at radius 2 is 1.61 bits per heavy atom. The molecule has 0 atom stereocenters. The highest BCUT2D eigenvalue weighted by atomic mass is 35.5. The summed E-state index contributed by atoms with van der Waals surface area (Å²) in [6, 6.07) is 17.1. The van der Waals surface area contributed by atoms with Crippen LogP contribution >= 0.6 is 11.6 Å². The van der Waals surface area contributed by atoms with Crippen molar-refractivity contribution in [3.8, 4) is 11.4 Å². The maximum atomic E-state index is 5.94. The quantitative estimate of drug-likeness (QED) is 0.621. The monoisotopic (exact) mass is 396 g/mol. The number of hydrogen-bond acceptors (Lipinski definition) is 5. The van der Waals surface area contributed by atoms with Crippen molar-refractivity contribution in [2.45, 2.75) is 19.8 Å². The first-order valence-corrected chi connectivity index (χ1v) is 10.2. The minimum atomic E-state index is 0.597. The Hall–Kier alpha value is -2.37. The molecule has 6 heteroatoms. The summed E-state index contributed by atoms with van der Waals surface area (Å²) in [5, 5.41) is 4.81. The summed E-state index contributed by atoms with van der Waals surface area (Å²) in [6.45, 7) is 7.08. The van der Waals surface area contributed by atoms with Crippen LogP contribution in [0, 0.1) is 0 Å². The highest BCUT2D eigenvalue weighted by Crippen LogP contribution is 2.22. The smallest absolute Gasteiger partial charge is 0.322 e. The molecule has 0 spiro atoms. The molecule has 146 valence electrons. The zero-order valence-electron chi connectivity index (χ0n) is 16.1. The molecule has 0 saturated carbocycles. The third-order valence-electron chi connectivity index (χ3n) is 5.31. The van der Waals surface area contributed by atoms with Gasteiger partial charge in [-0.25, -0.2) is 0 Å². The lowest BCUT2D eigenvalue weighted by Gasteiger charge is -2.33. The topological polar surface area (TPSA) is 45.4 Å². The first-order valence-electron chi connectivity index (χ1n) is 9.86. The van der Waals surface area contributed by atoms with E-state index in [1.807, 2.05) is 24.3 Å². The fourth-order valence-electron chi connectivity index (χ4n) is 3.45. The summed E-state index contributed by atoms with van der Waals surface area (Å²) >= 11 is 5.94. The molecule has 0 aliphatic carbocycles. The molecule has 0 amide bonds. The van der Waals surface area contributed by atoms with Gasteiger partial charge < -0.3 is 9.42 Å². The number of aromatic nitrogens is 2. The zero-order chi connectivity index (χ0) is 19.3. The van der Waals surface area contributed by atoms with E-state index in [-0.39, 0.29) is 0 Å². The summed E-state index contributed by atoms with van der Waals surface area (Å²) in [4.78, 5) is 9.22. The van der Waals surface area contributed by atoms with E-state index in [1.165, 1.54) is 11.1 Å². The number of aryl methyl sites for hydroxylation is 1. The number of halogens is 1. The molecule has 1 saturated heterocycles. The van der Waals surface area contributed by atoms with Crippen LogP contribution < -0.4 is 4.90 Å². The van der Waals surface area contributed by atoms with Gasteiger partial charge in [0, 0.05) is 43.3 Å². The maximum Gasteiger partial charge on any atom is 0.324 e. The van der Waals surface area contributed by atoms with Crippen LogP contribution in [0.25, 0.3) is 11.4 Å². The van der Waals surface area contributed by atoms with Crippen molar-refractivity contribution in [2.75, 3.05) is 37.6 Å². The van der Waals surface area contributed by atoms with Crippen molar-refractivity contribution in [1.82, 2.24) is 15.0 Å². The number of nitrogens with zero attached hydrogens (tertiary/aromatic N) is 4. The lowest BCUT2D eigenvalue weighted by Crippen LogP contribution is -2.47. The highest BCUT2D eigenvalue weighted by Gasteiger charge is 2.21. The Balaban J connectivity index is 1.28. The van der Waals surface area contributed by atoms with Gasteiger partial charge in [0.2, 0.25) is 5.82 Å². The average Bonchev–Trinajstić information content (AvgIpc) is 3.24. The number of benzene rings is 2. The molecule has 4 rings (SSSR count). The Kier molecular flexibility index (Phi) is 5.93. The van der Waals surface area contributed by atoms with Crippen molar-refractivity contribution in [3.05, 3.63) is 64.7 Å². The minimum Gasteiger partial charge on any atom is -0.322 e. The summed E-state index contributed by atoms with van der Waals surface area (Å²) in [5.74, 6) is 0.602. The van der Waals surface area contributed by atoms with Crippen LogP contribution in [0.1, 0.15) is 18.1 Å². The van der Waals surface area contributed by atoms with E-state index in [2.05, 4.69) is 51.1 Å². The van der Waals surface area contributed by atoms with Crippen molar-refractivity contribution < 1.29 is 4.52 Å². The van der Waals surface area contributed by atoms with Crippen molar-refractivity contribution in [2.24, 2.45) is 0 Å². The predicted molar refractivity (Wildman–Crippen MR) is 113 cm³/mol. The maximum absolute atomic E-state index is 5.94. The van der Waals surface area contributed by atoms with Crippen LogP contribution in [-0.4, -0.2) is 47.8 Å². The molecule has 28 heavy (non-hydrogen) atoms. The van der Waals surface area contributed by atoms with Crippen molar-refractivity contribution in [3.63, 3.8) is 0 Å². The molecule has 0 unspecified atom stereocenters. The molecule has 3 aromatic rings. The third kappa shape index (κ3) is 4.54. The number of piperazine rings is 1. The molecular formula is C22H25ClN4O. The Labute approximate surface area is 170 Å². The molecule has 0 bridgehead atoms. The van der Waals surface area contributed by atoms with Gasteiger partial charge in [-0.05, 0) is 48.2 Å². The second kappa shape index (κ2) is 8.76. The molecule has 1 aliphatic heterocycles. The van der Waals surface area contributed by atoms with Gasteiger partial charge in [0.1, 0.15) is 0 Å². The van der Waals surface area contributed by atoms with Gasteiger partial charge in [-0.2, -0.15) is 4.98 Å². The normalized spacial score (nSPS) is 15.1. The van der Waals surface area contributed by atoms with Crippen LogP contribution in [0.4, 0.5) is 6.01 Å². The Morgan fingerprint density at radius 1 is 0.929 bits per heavy atom. The van der Waals surface area contributed by atoms with E-state index < -0.39 is 0 Å². The molecule has 0 radical (unpaired) electrons.